The molecule has 1 heterocycles. The second-order valence-corrected chi connectivity index (χ2v) is 4.55. The summed E-state index contributed by atoms with van der Waals surface area (Å²) in [6.07, 6.45) is -1.79. The highest BCUT2D eigenvalue weighted by Crippen LogP contribution is 2.31. The summed E-state index contributed by atoms with van der Waals surface area (Å²) in [6.45, 7) is 0. The zero-order chi connectivity index (χ0) is 14.9. The number of aromatic nitrogens is 2. The molecule has 1 aliphatic carbocycles. The molecule has 6 nitrogen and oxygen atoms in total. The molecular weight excluding hydrogens is 279 g/mol. The Kier molecular flexibility index (Phi) is 3.69. The largest absolute Gasteiger partial charge is 0.477 e. The third-order valence-corrected chi connectivity index (χ3v) is 3.12. The number of halogens is 3. The van der Waals surface area contributed by atoms with Crippen LogP contribution in [0, 0.1) is 0 Å². The van der Waals surface area contributed by atoms with E-state index in [-0.39, 0.29) is 11.7 Å². The van der Waals surface area contributed by atoms with E-state index in [0.717, 1.165) is 18.9 Å². The van der Waals surface area contributed by atoms with Crippen molar-refractivity contribution in [2.75, 3.05) is 5.32 Å². The molecule has 1 aromatic rings. The van der Waals surface area contributed by atoms with Crippen LogP contribution in [0.4, 0.5) is 19.0 Å². The van der Waals surface area contributed by atoms with Crippen LogP contribution in [0.15, 0.2) is 6.07 Å². The molecule has 0 bridgehead atoms. The molecule has 1 aromatic heterocycles. The van der Waals surface area contributed by atoms with Gasteiger partial charge in [-0.2, -0.15) is 18.3 Å². The van der Waals surface area contributed by atoms with Gasteiger partial charge in [-0.25, -0.2) is 4.79 Å². The van der Waals surface area contributed by atoms with Gasteiger partial charge in [0.05, 0.1) is 6.04 Å². The summed E-state index contributed by atoms with van der Waals surface area (Å²) < 4.78 is 37.6. The number of hydrogen-bond acceptors (Lipinski definition) is 3. The average molecular weight is 291 g/mol. The van der Waals surface area contributed by atoms with Crippen molar-refractivity contribution in [1.82, 2.24) is 9.78 Å². The molecule has 2 N–H and O–H groups in total. The Morgan fingerprint density at radius 1 is 1.35 bits per heavy atom. The number of anilines is 1. The lowest BCUT2D eigenvalue weighted by Crippen LogP contribution is -2.30. The number of carbonyl (C=O) groups excluding carboxylic acids is 1. The monoisotopic (exact) mass is 291 g/mol. The Balaban J connectivity index is 2.25. The van der Waals surface area contributed by atoms with Gasteiger partial charge in [0.25, 0.3) is 0 Å². The fraction of sp³-hybridized carbons (Fsp3) is 0.545. The lowest BCUT2D eigenvalue weighted by atomic mass is 10.2. The fourth-order valence-corrected chi connectivity index (χ4v) is 2.23. The normalized spacial score (nSPS) is 16.4. The topological polar surface area (TPSA) is 84.2 Å². The van der Waals surface area contributed by atoms with Crippen LogP contribution in [0.1, 0.15) is 42.2 Å². The van der Waals surface area contributed by atoms with Gasteiger partial charge in [0.15, 0.2) is 5.82 Å². The van der Waals surface area contributed by atoms with Crippen LogP contribution in [0.25, 0.3) is 0 Å². The Hall–Kier alpha value is -2.06. The number of alkyl halides is 3. The summed E-state index contributed by atoms with van der Waals surface area (Å²) >= 11 is 0. The molecule has 0 radical (unpaired) electrons. The Morgan fingerprint density at radius 3 is 2.45 bits per heavy atom. The van der Waals surface area contributed by atoms with Crippen LogP contribution in [-0.4, -0.2) is 32.9 Å². The molecule has 0 spiro atoms. The standard InChI is InChI=1S/C11H12F3N3O3/c12-11(13,14)10(20)15-8-5-7(9(18)19)17(16-8)6-3-1-2-4-6/h5-6H,1-4H2,(H,18,19)(H,15,16,20). The maximum Gasteiger partial charge on any atom is 0.471 e. The minimum Gasteiger partial charge on any atom is -0.477 e. The van der Waals surface area contributed by atoms with Gasteiger partial charge in [-0.05, 0) is 12.8 Å². The highest BCUT2D eigenvalue weighted by atomic mass is 19.4. The van der Waals surface area contributed by atoms with Crippen LogP contribution in [0.2, 0.25) is 0 Å². The van der Waals surface area contributed by atoms with E-state index in [4.69, 9.17) is 5.11 Å². The van der Waals surface area contributed by atoms with Crippen molar-refractivity contribution in [2.45, 2.75) is 37.9 Å². The molecule has 1 saturated carbocycles. The first-order chi connectivity index (χ1) is 9.29. The van der Waals surface area contributed by atoms with Crippen molar-refractivity contribution in [3.8, 4) is 0 Å². The van der Waals surface area contributed by atoms with E-state index in [1.807, 2.05) is 0 Å². The van der Waals surface area contributed by atoms with Crippen LogP contribution in [-0.2, 0) is 4.79 Å². The number of hydrogen-bond donors (Lipinski definition) is 2. The van der Waals surface area contributed by atoms with Gasteiger partial charge in [-0.15, -0.1) is 0 Å². The zero-order valence-electron chi connectivity index (χ0n) is 10.3. The van der Waals surface area contributed by atoms with Crippen LogP contribution >= 0.6 is 0 Å². The summed E-state index contributed by atoms with van der Waals surface area (Å²) in [5.41, 5.74) is -0.227. The number of carboxylic acid groups (broad SMARTS) is 1. The number of carboxylic acids is 1. The Labute approximate surface area is 111 Å². The van der Waals surface area contributed by atoms with E-state index in [2.05, 4.69) is 5.10 Å². The van der Waals surface area contributed by atoms with Gasteiger partial charge in [0, 0.05) is 6.07 Å². The van der Waals surface area contributed by atoms with Gasteiger partial charge < -0.3 is 10.4 Å². The number of aromatic carboxylic acids is 1. The van der Waals surface area contributed by atoms with E-state index in [9.17, 15) is 22.8 Å². The van der Waals surface area contributed by atoms with Gasteiger partial charge in [-0.1, -0.05) is 12.8 Å². The van der Waals surface area contributed by atoms with Crippen LogP contribution in [0.5, 0.6) is 0 Å². The molecule has 0 aromatic carbocycles. The van der Waals surface area contributed by atoms with E-state index >= 15 is 0 Å². The van der Waals surface area contributed by atoms with Gasteiger partial charge in [-0.3, -0.25) is 9.48 Å². The number of nitrogens with zero attached hydrogens (tertiary/aromatic N) is 2. The molecule has 0 atom stereocenters. The van der Waals surface area contributed by atoms with Crippen molar-refractivity contribution in [3.05, 3.63) is 11.8 Å². The van der Waals surface area contributed by atoms with E-state index < -0.39 is 23.9 Å². The predicted octanol–water partition coefficient (Wildman–Crippen LogP) is 2.20. The second-order valence-electron chi connectivity index (χ2n) is 4.55. The van der Waals surface area contributed by atoms with Gasteiger partial charge >= 0.3 is 18.1 Å². The van der Waals surface area contributed by atoms with Crippen molar-refractivity contribution >= 4 is 17.7 Å². The Morgan fingerprint density at radius 2 is 1.95 bits per heavy atom. The van der Waals surface area contributed by atoms with E-state index in [1.54, 1.807) is 5.32 Å². The summed E-state index contributed by atoms with van der Waals surface area (Å²) in [6, 6.07) is 0.780. The number of rotatable bonds is 3. The van der Waals surface area contributed by atoms with Gasteiger partial charge in [0.2, 0.25) is 0 Å². The number of amides is 1. The summed E-state index contributed by atoms with van der Waals surface area (Å²) in [7, 11) is 0. The molecule has 110 valence electrons. The summed E-state index contributed by atoms with van der Waals surface area (Å²) in [4.78, 5) is 21.9. The molecule has 2 rings (SSSR count). The fourth-order valence-electron chi connectivity index (χ4n) is 2.23. The minimum absolute atomic E-state index is 0.155. The molecule has 20 heavy (non-hydrogen) atoms. The minimum atomic E-state index is -5.04. The van der Waals surface area contributed by atoms with Crippen molar-refractivity contribution in [3.63, 3.8) is 0 Å². The molecule has 1 amide bonds. The van der Waals surface area contributed by atoms with E-state index in [1.165, 1.54) is 4.68 Å². The molecule has 1 fully saturated rings. The molecule has 0 aliphatic heterocycles. The van der Waals surface area contributed by atoms with E-state index in [0.29, 0.717) is 12.8 Å². The summed E-state index contributed by atoms with van der Waals surface area (Å²) in [5, 5.41) is 14.4. The van der Waals surface area contributed by atoms with Crippen LogP contribution < -0.4 is 5.32 Å². The molecule has 0 unspecified atom stereocenters. The third-order valence-electron chi connectivity index (χ3n) is 3.12. The molecular formula is C11H12F3N3O3. The lowest BCUT2D eigenvalue weighted by molar-refractivity contribution is -0.167. The lowest BCUT2D eigenvalue weighted by Gasteiger charge is -2.11. The maximum absolute atomic E-state index is 12.1. The SMILES string of the molecule is O=C(O)c1cc(NC(=O)C(F)(F)F)nn1C1CCCC1. The summed E-state index contributed by atoms with van der Waals surface area (Å²) in [5.74, 6) is -3.88. The third kappa shape index (κ3) is 2.91. The van der Waals surface area contributed by atoms with Gasteiger partial charge in [0.1, 0.15) is 5.69 Å². The highest BCUT2D eigenvalue weighted by Gasteiger charge is 2.39. The maximum atomic E-state index is 12.1. The second kappa shape index (κ2) is 5.14. The first kappa shape index (κ1) is 14.4. The zero-order valence-corrected chi connectivity index (χ0v) is 10.3. The average Bonchev–Trinajstić information content (AvgIpc) is 2.94. The quantitative estimate of drug-likeness (QED) is 0.894. The number of nitrogens with one attached hydrogen (secondary N) is 1. The smallest absolute Gasteiger partial charge is 0.471 e. The highest BCUT2D eigenvalue weighted by molar-refractivity contribution is 5.95. The van der Waals surface area contributed by atoms with Crippen molar-refractivity contribution < 1.29 is 27.9 Å². The first-order valence-electron chi connectivity index (χ1n) is 6.00. The van der Waals surface area contributed by atoms with Crippen molar-refractivity contribution in [2.24, 2.45) is 0 Å². The molecule has 0 saturated heterocycles. The molecule has 1 aliphatic rings. The first-order valence-corrected chi connectivity index (χ1v) is 6.00. The number of carbonyl (C=O) groups is 2. The predicted molar refractivity (Wildman–Crippen MR) is 61.4 cm³/mol. The molecule has 9 heteroatoms. The Bertz CT molecular complexity index is 533. The van der Waals surface area contributed by atoms with Crippen molar-refractivity contribution in [1.29, 1.82) is 0 Å². The van der Waals surface area contributed by atoms with Crippen LogP contribution in [0.3, 0.4) is 0 Å².